The third-order valence-electron chi connectivity index (χ3n) is 4.83. The molecule has 1 saturated heterocycles. The molecule has 0 bridgehead atoms. The van der Waals surface area contributed by atoms with Gasteiger partial charge in [0, 0.05) is 24.8 Å². The first-order valence-corrected chi connectivity index (χ1v) is 9.21. The molecular formula is C20H32N2O2. The monoisotopic (exact) mass is 332 g/mol. The Labute approximate surface area is 146 Å². The van der Waals surface area contributed by atoms with Crippen LogP contribution in [0.25, 0.3) is 0 Å². The third kappa shape index (κ3) is 5.23. The van der Waals surface area contributed by atoms with Gasteiger partial charge < -0.3 is 15.0 Å². The van der Waals surface area contributed by atoms with E-state index in [1.807, 2.05) is 0 Å². The first-order valence-electron chi connectivity index (χ1n) is 9.21. The van der Waals surface area contributed by atoms with E-state index in [1.54, 1.807) is 0 Å². The number of aryl methyl sites for hydroxylation is 1. The van der Waals surface area contributed by atoms with Gasteiger partial charge in [0.05, 0.1) is 7.11 Å². The number of esters is 1. The van der Waals surface area contributed by atoms with Crippen LogP contribution in [0.1, 0.15) is 45.6 Å². The van der Waals surface area contributed by atoms with E-state index in [4.69, 9.17) is 4.74 Å². The Balaban J connectivity index is 1.87. The third-order valence-corrected chi connectivity index (χ3v) is 4.83. The first kappa shape index (κ1) is 18.8. The fourth-order valence-corrected chi connectivity index (χ4v) is 3.38. The summed E-state index contributed by atoms with van der Waals surface area (Å²) in [5.74, 6) is 0.333. The maximum absolute atomic E-state index is 12.0. The van der Waals surface area contributed by atoms with Crippen LogP contribution in [-0.4, -0.2) is 38.3 Å². The van der Waals surface area contributed by atoms with Gasteiger partial charge in [-0.15, -0.1) is 0 Å². The van der Waals surface area contributed by atoms with Crippen molar-refractivity contribution in [3.8, 4) is 0 Å². The topological polar surface area (TPSA) is 41.6 Å². The van der Waals surface area contributed by atoms with Gasteiger partial charge in [0.25, 0.3) is 0 Å². The molecule has 1 heterocycles. The zero-order chi connectivity index (χ0) is 17.5. The van der Waals surface area contributed by atoms with Crippen LogP contribution in [0.2, 0.25) is 0 Å². The second-order valence-electron chi connectivity index (χ2n) is 7.15. The summed E-state index contributed by atoms with van der Waals surface area (Å²) < 4.78 is 4.96. The minimum atomic E-state index is -0.185. The molecular weight excluding hydrogens is 300 g/mol. The van der Waals surface area contributed by atoms with Crippen molar-refractivity contribution >= 4 is 11.7 Å². The van der Waals surface area contributed by atoms with E-state index >= 15 is 0 Å². The van der Waals surface area contributed by atoms with Crippen LogP contribution >= 0.6 is 0 Å². The number of nitrogens with zero attached hydrogens (tertiary/aromatic N) is 1. The minimum absolute atomic E-state index is 0.138. The molecule has 1 aromatic rings. The summed E-state index contributed by atoms with van der Waals surface area (Å²) in [6, 6.07) is 9.09. The first-order chi connectivity index (χ1) is 11.5. The number of rotatable bonds is 7. The predicted octanol–water partition coefficient (Wildman–Crippen LogP) is 3.40. The van der Waals surface area contributed by atoms with Crippen molar-refractivity contribution in [2.45, 2.75) is 58.5 Å². The van der Waals surface area contributed by atoms with Gasteiger partial charge in [-0.2, -0.15) is 0 Å². The van der Waals surface area contributed by atoms with Crippen LogP contribution in [0.4, 0.5) is 5.69 Å². The van der Waals surface area contributed by atoms with Gasteiger partial charge >= 0.3 is 5.97 Å². The standard InChI is InChI=1S/C20H32N2O2/c1-5-16-6-8-18(9-7-16)22-12-10-17(11-13-22)21-19(14-15(2)3)20(23)24-4/h6-9,15,17,19,21H,5,10-14H2,1-4H3/t19-/m0/s1. The number of benzene rings is 1. The Bertz CT molecular complexity index is 505. The zero-order valence-electron chi connectivity index (χ0n) is 15.5. The van der Waals surface area contributed by atoms with Crippen molar-refractivity contribution in [1.82, 2.24) is 5.32 Å². The van der Waals surface area contributed by atoms with Gasteiger partial charge in [-0.3, -0.25) is 4.79 Å². The molecule has 1 aliphatic heterocycles. The van der Waals surface area contributed by atoms with Crippen molar-refractivity contribution in [2.75, 3.05) is 25.1 Å². The molecule has 1 aromatic carbocycles. The number of anilines is 1. The summed E-state index contributed by atoms with van der Waals surface area (Å²) in [7, 11) is 1.47. The van der Waals surface area contributed by atoms with Crippen molar-refractivity contribution in [3.63, 3.8) is 0 Å². The Kier molecular flexibility index (Phi) is 7.10. The Morgan fingerprint density at radius 2 is 1.88 bits per heavy atom. The molecule has 4 heteroatoms. The molecule has 1 aliphatic rings. The van der Waals surface area contributed by atoms with Gasteiger partial charge in [-0.1, -0.05) is 32.9 Å². The molecule has 0 unspecified atom stereocenters. The van der Waals surface area contributed by atoms with E-state index in [-0.39, 0.29) is 12.0 Å². The highest BCUT2D eigenvalue weighted by Gasteiger charge is 2.26. The number of nitrogens with one attached hydrogen (secondary N) is 1. The lowest BCUT2D eigenvalue weighted by molar-refractivity contribution is -0.143. The van der Waals surface area contributed by atoms with Crippen molar-refractivity contribution in [3.05, 3.63) is 29.8 Å². The van der Waals surface area contributed by atoms with Gasteiger partial charge in [-0.05, 0) is 49.3 Å². The largest absolute Gasteiger partial charge is 0.468 e. The van der Waals surface area contributed by atoms with Crippen LogP contribution in [-0.2, 0) is 16.0 Å². The molecule has 4 nitrogen and oxygen atoms in total. The van der Waals surface area contributed by atoms with Gasteiger partial charge in [0.15, 0.2) is 0 Å². The maximum atomic E-state index is 12.0. The number of methoxy groups -OCH3 is 1. The molecule has 0 radical (unpaired) electrons. The Morgan fingerprint density at radius 1 is 1.25 bits per heavy atom. The fraction of sp³-hybridized carbons (Fsp3) is 0.650. The lowest BCUT2D eigenvalue weighted by atomic mass is 9.99. The summed E-state index contributed by atoms with van der Waals surface area (Å²) in [5.41, 5.74) is 2.68. The van der Waals surface area contributed by atoms with Crippen molar-refractivity contribution < 1.29 is 9.53 Å². The highest BCUT2D eigenvalue weighted by Crippen LogP contribution is 2.21. The number of carbonyl (C=O) groups is 1. The highest BCUT2D eigenvalue weighted by atomic mass is 16.5. The molecule has 1 fully saturated rings. The van der Waals surface area contributed by atoms with Crippen LogP contribution in [0.3, 0.4) is 0 Å². The lowest BCUT2D eigenvalue weighted by Gasteiger charge is -2.35. The minimum Gasteiger partial charge on any atom is -0.468 e. The van der Waals surface area contributed by atoms with Gasteiger partial charge in [-0.25, -0.2) is 0 Å². The van der Waals surface area contributed by atoms with E-state index in [0.29, 0.717) is 12.0 Å². The number of ether oxygens (including phenoxy) is 1. The van der Waals surface area contributed by atoms with E-state index in [1.165, 1.54) is 18.4 Å². The summed E-state index contributed by atoms with van der Waals surface area (Å²) in [6.07, 6.45) is 4.02. The number of piperidine rings is 1. The second-order valence-corrected chi connectivity index (χ2v) is 7.15. The summed E-state index contributed by atoms with van der Waals surface area (Å²) in [6.45, 7) is 8.51. The SMILES string of the molecule is CCc1ccc(N2CCC(N[C@@H](CC(C)C)C(=O)OC)CC2)cc1. The molecule has 0 aliphatic carbocycles. The summed E-state index contributed by atoms with van der Waals surface area (Å²) >= 11 is 0. The Hall–Kier alpha value is -1.55. The van der Waals surface area contributed by atoms with E-state index in [2.05, 4.69) is 55.3 Å². The van der Waals surface area contributed by atoms with Crippen LogP contribution in [0.15, 0.2) is 24.3 Å². The molecule has 24 heavy (non-hydrogen) atoms. The molecule has 0 aromatic heterocycles. The predicted molar refractivity (Wildman–Crippen MR) is 99.4 cm³/mol. The lowest BCUT2D eigenvalue weighted by Crippen LogP contribution is -2.49. The summed E-state index contributed by atoms with van der Waals surface area (Å²) in [5, 5.41) is 3.53. The highest BCUT2D eigenvalue weighted by molar-refractivity contribution is 5.75. The van der Waals surface area contributed by atoms with Gasteiger partial charge in [0.2, 0.25) is 0 Å². The van der Waals surface area contributed by atoms with Crippen molar-refractivity contribution in [2.24, 2.45) is 5.92 Å². The molecule has 0 saturated carbocycles. The van der Waals surface area contributed by atoms with Crippen LogP contribution in [0, 0.1) is 5.92 Å². The molecule has 1 N–H and O–H groups in total. The van der Waals surface area contributed by atoms with E-state index in [0.717, 1.165) is 38.8 Å². The molecule has 0 spiro atoms. The van der Waals surface area contributed by atoms with E-state index < -0.39 is 0 Å². The maximum Gasteiger partial charge on any atom is 0.322 e. The quantitative estimate of drug-likeness (QED) is 0.777. The average Bonchev–Trinajstić information content (AvgIpc) is 2.61. The van der Waals surface area contributed by atoms with Crippen LogP contribution < -0.4 is 10.2 Å². The summed E-state index contributed by atoms with van der Waals surface area (Å²) in [4.78, 5) is 14.4. The second kappa shape index (κ2) is 9.07. The number of carbonyl (C=O) groups excluding carboxylic acids is 1. The number of hydrogen-bond acceptors (Lipinski definition) is 4. The van der Waals surface area contributed by atoms with E-state index in [9.17, 15) is 4.79 Å². The molecule has 0 amide bonds. The van der Waals surface area contributed by atoms with Crippen LogP contribution in [0.5, 0.6) is 0 Å². The molecule has 134 valence electrons. The Morgan fingerprint density at radius 3 is 2.38 bits per heavy atom. The van der Waals surface area contributed by atoms with Gasteiger partial charge in [0.1, 0.15) is 6.04 Å². The zero-order valence-corrected chi connectivity index (χ0v) is 15.5. The smallest absolute Gasteiger partial charge is 0.322 e. The molecule has 1 atom stereocenters. The normalized spacial score (nSPS) is 17.1. The van der Waals surface area contributed by atoms with Crippen molar-refractivity contribution in [1.29, 1.82) is 0 Å². The molecule has 2 rings (SSSR count). The number of hydrogen-bond donors (Lipinski definition) is 1. The average molecular weight is 332 g/mol. The fourth-order valence-electron chi connectivity index (χ4n) is 3.38.